The minimum absolute atomic E-state index is 0.639. The molecule has 122 valence electrons. The van der Waals surface area contributed by atoms with Crippen molar-refractivity contribution in [2.75, 3.05) is 5.75 Å². The van der Waals surface area contributed by atoms with Crippen molar-refractivity contribution in [3.63, 3.8) is 0 Å². The number of hydrogen-bond acceptors (Lipinski definition) is 3. The summed E-state index contributed by atoms with van der Waals surface area (Å²) in [5.41, 5.74) is 4.38. The Balaban J connectivity index is 1.83. The van der Waals surface area contributed by atoms with Crippen LogP contribution in [0.5, 0.6) is 0 Å². The minimum Gasteiger partial charge on any atom is -0.327 e. The van der Waals surface area contributed by atoms with Gasteiger partial charge in [0.1, 0.15) is 5.82 Å². The maximum Gasteiger partial charge on any atom is 0.109 e. The lowest BCUT2D eigenvalue weighted by molar-refractivity contribution is 0.684. The fourth-order valence-electron chi connectivity index (χ4n) is 3.26. The molecule has 5 heteroatoms. The van der Waals surface area contributed by atoms with Gasteiger partial charge >= 0.3 is 0 Å². The SMILES string of the molecule is CC[S@](=O)c1ccc(-c2nc3n(c2-c2ccncc2)CCC3)cc1. The van der Waals surface area contributed by atoms with Gasteiger partial charge in [-0.05, 0) is 30.7 Å². The molecule has 0 aliphatic carbocycles. The zero-order valence-corrected chi connectivity index (χ0v) is 14.4. The molecule has 0 saturated heterocycles. The van der Waals surface area contributed by atoms with E-state index >= 15 is 0 Å². The minimum atomic E-state index is -0.920. The highest BCUT2D eigenvalue weighted by atomic mass is 32.2. The number of aromatic nitrogens is 3. The first-order valence-electron chi connectivity index (χ1n) is 8.26. The van der Waals surface area contributed by atoms with E-state index in [1.54, 1.807) is 0 Å². The predicted octanol–water partition coefficient (Wildman–Crippen LogP) is 3.69. The topological polar surface area (TPSA) is 47.8 Å². The van der Waals surface area contributed by atoms with Crippen LogP contribution in [0.3, 0.4) is 0 Å². The molecule has 0 radical (unpaired) electrons. The van der Waals surface area contributed by atoms with Gasteiger partial charge in [-0.25, -0.2) is 4.98 Å². The summed E-state index contributed by atoms with van der Waals surface area (Å²) in [6.45, 7) is 2.95. The van der Waals surface area contributed by atoms with Crippen molar-refractivity contribution in [2.24, 2.45) is 0 Å². The molecule has 3 aromatic rings. The van der Waals surface area contributed by atoms with E-state index < -0.39 is 10.8 Å². The number of pyridine rings is 1. The van der Waals surface area contributed by atoms with Gasteiger partial charge in [0.25, 0.3) is 0 Å². The largest absolute Gasteiger partial charge is 0.327 e. The van der Waals surface area contributed by atoms with E-state index in [1.165, 1.54) is 0 Å². The molecule has 3 heterocycles. The third-order valence-electron chi connectivity index (χ3n) is 4.44. The zero-order chi connectivity index (χ0) is 16.5. The van der Waals surface area contributed by atoms with E-state index in [1.807, 2.05) is 55.7 Å². The molecule has 1 aliphatic heterocycles. The second-order valence-corrected chi connectivity index (χ2v) is 7.61. The van der Waals surface area contributed by atoms with Crippen molar-refractivity contribution >= 4 is 10.8 Å². The molecule has 24 heavy (non-hydrogen) atoms. The Morgan fingerprint density at radius 2 is 1.83 bits per heavy atom. The summed E-state index contributed by atoms with van der Waals surface area (Å²) in [6, 6.07) is 12.0. The van der Waals surface area contributed by atoms with Crippen LogP contribution in [0.1, 0.15) is 19.2 Å². The fourth-order valence-corrected chi connectivity index (χ4v) is 4.03. The van der Waals surface area contributed by atoms with Crippen LogP contribution in [-0.2, 0) is 23.8 Å². The Hall–Kier alpha value is -2.27. The molecule has 0 saturated carbocycles. The molecule has 0 unspecified atom stereocenters. The fraction of sp³-hybridized carbons (Fsp3) is 0.263. The Labute approximate surface area is 144 Å². The number of fused-ring (bicyclic) bond motifs is 1. The van der Waals surface area contributed by atoms with Crippen molar-refractivity contribution < 1.29 is 4.21 Å². The normalized spacial score (nSPS) is 14.5. The van der Waals surface area contributed by atoms with Crippen LogP contribution in [0.15, 0.2) is 53.7 Å². The first-order chi connectivity index (χ1) is 11.8. The Bertz CT molecular complexity index is 885. The molecule has 4 rings (SSSR count). The van der Waals surface area contributed by atoms with Crippen LogP contribution in [0, 0.1) is 0 Å². The smallest absolute Gasteiger partial charge is 0.109 e. The summed E-state index contributed by atoms with van der Waals surface area (Å²) in [7, 11) is -0.920. The lowest BCUT2D eigenvalue weighted by atomic mass is 10.1. The third kappa shape index (κ3) is 2.59. The quantitative estimate of drug-likeness (QED) is 0.729. The molecule has 1 atom stereocenters. The van der Waals surface area contributed by atoms with Crippen molar-refractivity contribution in [1.29, 1.82) is 0 Å². The van der Waals surface area contributed by atoms with Crippen molar-refractivity contribution in [3.8, 4) is 22.5 Å². The highest BCUT2D eigenvalue weighted by Crippen LogP contribution is 2.35. The van der Waals surface area contributed by atoms with Gasteiger partial charge in [-0.1, -0.05) is 19.1 Å². The van der Waals surface area contributed by atoms with Gasteiger partial charge in [-0.15, -0.1) is 0 Å². The lowest BCUT2D eigenvalue weighted by Crippen LogP contribution is -1.97. The summed E-state index contributed by atoms with van der Waals surface area (Å²) in [6.07, 6.45) is 5.81. The maximum atomic E-state index is 11.9. The Morgan fingerprint density at radius 3 is 2.54 bits per heavy atom. The van der Waals surface area contributed by atoms with Crippen molar-refractivity contribution in [2.45, 2.75) is 31.2 Å². The lowest BCUT2D eigenvalue weighted by Gasteiger charge is -2.09. The Kier molecular flexibility index (Phi) is 4.02. The molecule has 0 fully saturated rings. The van der Waals surface area contributed by atoms with Crippen LogP contribution in [0.4, 0.5) is 0 Å². The molecular weight excluding hydrogens is 318 g/mol. The van der Waals surface area contributed by atoms with Gasteiger partial charge in [-0.2, -0.15) is 0 Å². The summed E-state index contributed by atoms with van der Waals surface area (Å²) >= 11 is 0. The zero-order valence-electron chi connectivity index (χ0n) is 13.6. The summed E-state index contributed by atoms with van der Waals surface area (Å²) in [5, 5.41) is 0. The van der Waals surface area contributed by atoms with Crippen molar-refractivity contribution in [1.82, 2.24) is 14.5 Å². The molecule has 0 bridgehead atoms. The average Bonchev–Trinajstić information content (AvgIpc) is 3.23. The predicted molar refractivity (Wildman–Crippen MR) is 96.2 cm³/mol. The molecular formula is C19H19N3OS. The maximum absolute atomic E-state index is 11.9. The first kappa shape index (κ1) is 15.3. The van der Waals surface area contributed by atoms with E-state index in [2.05, 4.69) is 9.55 Å². The second-order valence-electron chi connectivity index (χ2n) is 5.87. The highest BCUT2D eigenvalue weighted by Gasteiger charge is 2.23. The standard InChI is InChI=1S/C19H19N3OS/c1-2-24(23)16-7-5-14(6-8-16)18-19(15-9-11-20-12-10-15)22-13-3-4-17(22)21-18/h5-12H,2-4,13H2,1H3/t24-/m0/s1. The highest BCUT2D eigenvalue weighted by molar-refractivity contribution is 7.85. The number of nitrogens with zero attached hydrogens (tertiary/aromatic N) is 3. The average molecular weight is 337 g/mol. The van der Waals surface area contributed by atoms with E-state index in [-0.39, 0.29) is 0 Å². The molecule has 2 aromatic heterocycles. The van der Waals surface area contributed by atoms with Crippen LogP contribution in [-0.4, -0.2) is 24.5 Å². The number of imidazole rings is 1. The van der Waals surface area contributed by atoms with E-state index in [0.29, 0.717) is 5.75 Å². The summed E-state index contributed by atoms with van der Waals surface area (Å²) < 4.78 is 14.3. The first-order valence-corrected chi connectivity index (χ1v) is 9.58. The molecule has 4 nitrogen and oxygen atoms in total. The van der Waals surface area contributed by atoms with Crippen LogP contribution in [0.25, 0.3) is 22.5 Å². The molecule has 0 N–H and O–H groups in total. The van der Waals surface area contributed by atoms with Gasteiger partial charge in [0.05, 0.1) is 22.2 Å². The number of hydrogen-bond donors (Lipinski definition) is 0. The van der Waals surface area contributed by atoms with E-state index in [0.717, 1.165) is 52.6 Å². The van der Waals surface area contributed by atoms with Crippen LogP contribution < -0.4 is 0 Å². The molecule has 0 amide bonds. The summed E-state index contributed by atoms with van der Waals surface area (Å²) in [4.78, 5) is 9.90. The Morgan fingerprint density at radius 1 is 1.08 bits per heavy atom. The molecule has 1 aliphatic rings. The van der Waals surface area contributed by atoms with Gasteiger partial charge in [0, 0.05) is 47.1 Å². The van der Waals surface area contributed by atoms with E-state index in [9.17, 15) is 4.21 Å². The van der Waals surface area contributed by atoms with Gasteiger partial charge in [-0.3, -0.25) is 9.19 Å². The number of aryl methyl sites for hydroxylation is 1. The summed E-state index contributed by atoms with van der Waals surface area (Å²) in [5.74, 6) is 1.79. The third-order valence-corrected chi connectivity index (χ3v) is 5.76. The monoisotopic (exact) mass is 337 g/mol. The number of benzene rings is 1. The molecule has 0 spiro atoms. The van der Waals surface area contributed by atoms with Crippen LogP contribution in [0.2, 0.25) is 0 Å². The van der Waals surface area contributed by atoms with E-state index in [4.69, 9.17) is 4.98 Å². The van der Waals surface area contributed by atoms with Crippen molar-refractivity contribution in [3.05, 3.63) is 54.6 Å². The van der Waals surface area contributed by atoms with Gasteiger partial charge < -0.3 is 4.57 Å². The van der Waals surface area contributed by atoms with Gasteiger partial charge in [0.15, 0.2) is 0 Å². The number of rotatable bonds is 4. The second kappa shape index (κ2) is 6.32. The van der Waals surface area contributed by atoms with Gasteiger partial charge in [0.2, 0.25) is 0 Å². The van der Waals surface area contributed by atoms with Crippen LogP contribution >= 0.6 is 0 Å². The molecule has 1 aromatic carbocycles.